The first-order chi connectivity index (χ1) is 23.1. The van der Waals surface area contributed by atoms with Gasteiger partial charge in [-0.3, -0.25) is 14.5 Å². The number of amides is 4. The molecule has 17 heteroatoms. The van der Waals surface area contributed by atoms with Crippen LogP contribution in [0.3, 0.4) is 0 Å². The van der Waals surface area contributed by atoms with Gasteiger partial charge in [0.2, 0.25) is 5.91 Å². The molecule has 49 heavy (non-hydrogen) atoms. The monoisotopic (exact) mass is 690 g/mol. The molecule has 1 saturated carbocycles. The lowest BCUT2D eigenvalue weighted by Gasteiger charge is -2.51. The van der Waals surface area contributed by atoms with E-state index >= 15 is 0 Å². The summed E-state index contributed by atoms with van der Waals surface area (Å²) in [5.74, 6) is -0.777. The van der Waals surface area contributed by atoms with Crippen LogP contribution in [0.15, 0.2) is 36.4 Å². The van der Waals surface area contributed by atoms with Crippen LogP contribution in [0.25, 0.3) is 0 Å². The first-order valence-electron chi connectivity index (χ1n) is 15.7. The first kappa shape index (κ1) is 35.9. The summed E-state index contributed by atoms with van der Waals surface area (Å²) in [6.07, 6.45) is -7.43. The van der Waals surface area contributed by atoms with Crippen LogP contribution in [0.2, 0.25) is 0 Å². The molecule has 3 heterocycles. The van der Waals surface area contributed by atoms with Gasteiger partial charge in [0.1, 0.15) is 0 Å². The largest absolute Gasteiger partial charge is 0.493 e. The van der Waals surface area contributed by atoms with E-state index in [1.165, 1.54) is 38.2 Å². The third-order valence-corrected chi connectivity index (χ3v) is 9.51. The summed E-state index contributed by atoms with van der Waals surface area (Å²) in [5.41, 5.74) is -1.15. The van der Waals surface area contributed by atoms with E-state index in [0.29, 0.717) is 16.0 Å². The number of fused-ring (bicyclic) bond motifs is 2. The summed E-state index contributed by atoms with van der Waals surface area (Å²) in [5, 5.41) is 53.7. The van der Waals surface area contributed by atoms with Gasteiger partial charge in [-0.25, -0.2) is 14.5 Å². The smallest absolute Gasteiger partial charge is 0.414 e. The van der Waals surface area contributed by atoms with Gasteiger partial charge in [-0.2, -0.15) is 0 Å². The molecule has 3 aliphatic heterocycles. The van der Waals surface area contributed by atoms with Crippen molar-refractivity contribution in [3.05, 3.63) is 42.0 Å². The van der Waals surface area contributed by atoms with E-state index in [1.807, 2.05) is 0 Å². The number of methoxy groups -OCH3 is 2. The van der Waals surface area contributed by atoms with Crippen molar-refractivity contribution in [2.45, 2.75) is 75.1 Å². The zero-order chi connectivity index (χ0) is 35.9. The Bertz CT molecular complexity index is 1540. The summed E-state index contributed by atoms with van der Waals surface area (Å²) in [7, 11) is 2.75. The number of anilines is 1. The molecule has 4 aliphatic rings. The lowest BCUT2D eigenvalue weighted by atomic mass is 9.83. The van der Waals surface area contributed by atoms with Crippen molar-refractivity contribution in [2.24, 2.45) is 0 Å². The molecule has 0 spiro atoms. The van der Waals surface area contributed by atoms with Crippen LogP contribution in [-0.4, -0.2) is 147 Å². The van der Waals surface area contributed by atoms with E-state index in [2.05, 4.69) is 13.2 Å². The van der Waals surface area contributed by atoms with Crippen LogP contribution in [-0.2, 0) is 14.3 Å². The van der Waals surface area contributed by atoms with Crippen LogP contribution < -0.4 is 14.4 Å². The number of likely N-dealkylation sites (tertiary alicyclic amines) is 1. The van der Waals surface area contributed by atoms with Gasteiger partial charge in [0.25, 0.3) is 5.91 Å². The molecule has 0 aromatic heterocycles. The predicted octanol–water partition coefficient (Wildman–Crippen LogP) is 1.02. The Morgan fingerprint density at radius 2 is 1.80 bits per heavy atom. The lowest BCUT2D eigenvalue weighted by Crippen LogP contribution is -2.71. The van der Waals surface area contributed by atoms with E-state index in [1.54, 1.807) is 0 Å². The number of hydrogen-bond acceptors (Lipinski definition) is 11. The second-order valence-electron chi connectivity index (χ2n) is 12.6. The maximum absolute atomic E-state index is 13.5. The summed E-state index contributed by atoms with van der Waals surface area (Å²) in [4.78, 5) is 54.2. The van der Waals surface area contributed by atoms with Crippen molar-refractivity contribution in [1.82, 2.24) is 14.7 Å². The van der Waals surface area contributed by atoms with Gasteiger partial charge in [-0.1, -0.05) is 24.3 Å². The topological polar surface area (TPSA) is 219 Å². The number of carbonyl (C=O) groups excluding carboxylic acids is 2. The second kappa shape index (κ2) is 13.8. The zero-order valence-electron chi connectivity index (χ0n) is 27.5. The minimum atomic E-state index is -2.23. The molecule has 7 atom stereocenters. The van der Waals surface area contributed by atoms with Gasteiger partial charge in [-0.15, -0.1) is 0 Å². The molecule has 1 aromatic rings. The Labute approximate surface area is 282 Å². The van der Waals surface area contributed by atoms with Crippen LogP contribution in [0.4, 0.5) is 15.3 Å². The van der Waals surface area contributed by atoms with Crippen LogP contribution in [0.1, 0.15) is 43.0 Å². The summed E-state index contributed by atoms with van der Waals surface area (Å²) in [6.45, 7) is 9.10. The summed E-state index contributed by atoms with van der Waals surface area (Å²) >= 11 is 0. The van der Waals surface area contributed by atoms with Crippen molar-refractivity contribution in [2.75, 3.05) is 45.4 Å². The SMILES string of the molecule is C=C1C[C@H]2C(O)N(C(=O)O)c3cc(OCCCOC4C[C@@H](OC)C4N(C(=O)O)C(O)[C@]4(O)CC(=C)CN4C(C)=O)c(OC)cc3C(=O)N2C1. The number of hydrogen-bond donors (Lipinski definition) is 5. The summed E-state index contributed by atoms with van der Waals surface area (Å²) in [6, 6.07) is 0.862. The second-order valence-corrected chi connectivity index (χ2v) is 12.6. The van der Waals surface area contributed by atoms with Crippen molar-refractivity contribution < 1.29 is 63.7 Å². The molecule has 4 unspecified atom stereocenters. The minimum Gasteiger partial charge on any atom is -0.493 e. The molecule has 0 bridgehead atoms. The highest BCUT2D eigenvalue weighted by molar-refractivity contribution is 6.05. The van der Waals surface area contributed by atoms with Crippen molar-refractivity contribution >= 4 is 29.7 Å². The van der Waals surface area contributed by atoms with E-state index in [0.717, 1.165) is 9.80 Å². The Kier molecular flexibility index (Phi) is 10.1. The highest BCUT2D eigenvalue weighted by Crippen LogP contribution is 2.42. The number of aliphatic hydroxyl groups excluding tert-OH is 2. The van der Waals surface area contributed by atoms with Gasteiger partial charge in [-0.05, 0) is 12.5 Å². The van der Waals surface area contributed by atoms with Gasteiger partial charge in [0.05, 0.1) is 55.9 Å². The van der Waals surface area contributed by atoms with E-state index in [-0.39, 0.29) is 74.7 Å². The molecule has 2 saturated heterocycles. The van der Waals surface area contributed by atoms with Gasteiger partial charge in [0, 0.05) is 52.5 Å². The Hall–Kier alpha value is -4.42. The number of nitrogens with zero attached hydrogens (tertiary/aromatic N) is 4. The van der Waals surface area contributed by atoms with Crippen LogP contribution in [0, 0.1) is 0 Å². The average molecular weight is 691 g/mol. The third kappa shape index (κ3) is 6.39. The molecule has 1 aromatic carbocycles. The highest BCUT2D eigenvalue weighted by atomic mass is 16.5. The van der Waals surface area contributed by atoms with Crippen LogP contribution >= 0.6 is 0 Å². The van der Waals surface area contributed by atoms with Crippen molar-refractivity contribution in [1.29, 1.82) is 0 Å². The maximum atomic E-state index is 13.5. The number of rotatable bonds is 11. The molecule has 5 N–H and O–H groups in total. The quantitative estimate of drug-likeness (QED) is 0.125. The fourth-order valence-corrected chi connectivity index (χ4v) is 7.10. The lowest BCUT2D eigenvalue weighted by molar-refractivity contribution is -0.239. The Morgan fingerprint density at radius 1 is 1.08 bits per heavy atom. The zero-order valence-corrected chi connectivity index (χ0v) is 27.5. The Balaban J connectivity index is 1.26. The van der Waals surface area contributed by atoms with Gasteiger partial charge < -0.3 is 54.3 Å². The molecule has 3 fully saturated rings. The molecular weight excluding hydrogens is 648 g/mol. The van der Waals surface area contributed by atoms with Crippen molar-refractivity contribution in [3.8, 4) is 11.5 Å². The van der Waals surface area contributed by atoms with Crippen molar-refractivity contribution in [3.63, 3.8) is 0 Å². The van der Waals surface area contributed by atoms with Gasteiger partial charge >= 0.3 is 12.2 Å². The van der Waals surface area contributed by atoms with Crippen LogP contribution in [0.5, 0.6) is 11.5 Å². The third-order valence-electron chi connectivity index (χ3n) is 9.51. The Morgan fingerprint density at radius 3 is 2.41 bits per heavy atom. The minimum absolute atomic E-state index is 0.0121. The number of aliphatic hydroxyl groups is 3. The van der Waals surface area contributed by atoms with E-state index < -0.39 is 66.5 Å². The molecular formula is C32H42N4O13. The molecule has 5 rings (SSSR count). The summed E-state index contributed by atoms with van der Waals surface area (Å²) < 4.78 is 22.7. The highest BCUT2D eigenvalue weighted by Gasteiger charge is 2.57. The maximum Gasteiger partial charge on any atom is 0.414 e. The molecule has 1 aliphatic carbocycles. The molecule has 268 valence electrons. The first-order valence-corrected chi connectivity index (χ1v) is 15.7. The normalized spacial score (nSPS) is 28.4. The number of carboxylic acid groups (broad SMARTS) is 2. The number of ether oxygens (including phenoxy) is 4. The standard InChI is InChI=1S/C32H42N4O13/c1-16-9-21-28(39)35(30(41)42)20-11-23(22(46-4)10-19(20)27(38)33(21)14-16)48-7-6-8-49-25-12-24(47-5)26(25)36(31(43)44)29(40)32(45)13-17(2)15-34(32)18(3)37/h10-11,21,24-26,28-29,39-40,45H,1-2,6-9,12-15H2,3-5H3,(H,41,42)(H,43,44)/t21-,24+,25?,26?,28?,29?,32+/m0/s1. The molecule has 4 amide bonds. The van der Waals surface area contributed by atoms with E-state index in [9.17, 15) is 44.7 Å². The number of carbonyl (C=O) groups is 4. The predicted molar refractivity (Wildman–Crippen MR) is 169 cm³/mol. The molecule has 0 radical (unpaired) electrons. The molecule has 17 nitrogen and oxygen atoms in total. The number of benzene rings is 1. The fourth-order valence-electron chi connectivity index (χ4n) is 7.10. The average Bonchev–Trinajstić information content (AvgIpc) is 3.56. The fraction of sp³-hybridized carbons (Fsp3) is 0.562. The van der Waals surface area contributed by atoms with Gasteiger partial charge in [0.15, 0.2) is 29.7 Å². The van der Waals surface area contributed by atoms with E-state index in [4.69, 9.17) is 18.9 Å².